The van der Waals surface area contributed by atoms with Crippen molar-refractivity contribution in [1.82, 2.24) is 9.55 Å². The Bertz CT molecular complexity index is 1550. The van der Waals surface area contributed by atoms with Crippen LogP contribution in [0.5, 0.6) is 0 Å². The summed E-state index contributed by atoms with van der Waals surface area (Å²) in [5.74, 6) is 1.84. The zero-order valence-corrected chi connectivity index (χ0v) is 24.7. The fourth-order valence-corrected chi connectivity index (χ4v) is 6.78. The number of rotatable bonds is 7. The number of para-hydroxylation sites is 1. The van der Waals surface area contributed by atoms with E-state index < -0.39 is 0 Å². The van der Waals surface area contributed by atoms with Crippen LogP contribution in [0.25, 0.3) is 21.3 Å². The summed E-state index contributed by atoms with van der Waals surface area (Å²) in [6.45, 7) is 15.8. The molecule has 3 nitrogen and oxygen atoms in total. The van der Waals surface area contributed by atoms with Gasteiger partial charge >= 0.3 is 0 Å². The number of aryl methyl sites for hydroxylation is 4. The molecule has 1 atom stereocenters. The van der Waals surface area contributed by atoms with Crippen LogP contribution in [0.1, 0.15) is 84.8 Å². The monoisotopic (exact) mass is 521 g/mol. The van der Waals surface area contributed by atoms with Crippen molar-refractivity contribution < 1.29 is 0 Å². The van der Waals surface area contributed by atoms with Gasteiger partial charge in [0.05, 0.1) is 5.69 Å². The van der Waals surface area contributed by atoms with E-state index in [1.165, 1.54) is 54.7 Å². The van der Waals surface area contributed by atoms with E-state index in [1.807, 2.05) is 0 Å². The standard InChI is InChI=1S/C34H39N3S/c1-20(2)25-13-11-14-26(21(3)4)32(25)36-33(31-23(6)16-22(5)17-24(31)7)34-35-29(18-37(34)8)28-19-38-30-15-10-9-12-27(28)30/h9-21,33,36H,1-8H3. The summed E-state index contributed by atoms with van der Waals surface area (Å²) in [5, 5.41) is 7.58. The fourth-order valence-electron chi connectivity index (χ4n) is 5.83. The van der Waals surface area contributed by atoms with Gasteiger partial charge in [-0.15, -0.1) is 11.3 Å². The van der Waals surface area contributed by atoms with Gasteiger partial charge in [0, 0.05) is 40.0 Å². The number of fused-ring (bicyclic) bond motifs is 1. The van der Waals surface area contributed by atoms with E-state index in [2.05, 4.69) is 132 Å². The smallest absolute Gasteiger partial charge is 0.136 e. The maximum atomic E-state index is 5.34. The summed E-state index contributed by atoms with van der Waals surface area (Å²) < 4.78 is 3.51. The van der Waals surface area contributed by atoms with Crippen molar-refractivity contribution in [3.63, 3.8) is 0 Å². The highest BCUT2D eigenvalue weighted by molar-refractivity contribution is 7.17. The summed E-state index contributed by atoms with van der Waals surface area (Å²) in [4.78, 5) is 5.34. The van der Waals surface area contributed by atoms with Crippen molar-refractivity contribution in [3.05, 3.63) is 105 Å². The first-order chi connectivity index (χ1) is 18.2. The molecule has 0 saturated heterocycles. The topological polar surface area (TPSA) is 29.9 Å². The third-order valence-electron chi connectivity index (χ3n) is 7.62. The van der Waals surface area contributed by atoms with Gasteiger partial charge in [0.2, 0.25) is 0 Å². The van der Waals surface area contributed by atoms with Gasteiger partial charge in [0.15, 0.2) is 0 Å². The van der Waals surface area contributed by atoms with Gasteiger partial charge in [-0.3, -0.25) is 0 Å². The molecule has 0 radical (unpaired) electrons. The number of nitrogens with one attached hydrogen (secondary N) is 1. The average molecular weight is 522 g/mol. The SMILES string of the molecule is Cc1cc(C)c(C(Nc2c(C(C)C)cccc2C(C)C)c2nc(-c3csc4ccccc34)cn2C)c(C)c1. The van der Waals surface area contributed by atoms with Crippen molar-refractivity contribution in [2.75, 3.05) is 5.32 Å². The Morgan fingerprint density at radius 2 is 1.47 bits per heavy atom. The van der Waals surface area contributed by atoms with E-state index in [9.17, 15) is 0 Å². The van der Waals surface area contributed by atoms with Crippen LogP contribution < -0.4 is 5.32 Å². The van der Waals surface area contributed by atoms with Gasteiger partial charge in [-0.2, -0.15) is 0 Å². The Labute approximate surface area is 231 Å². The molecule has 0 aliphatic carbocycles. The third kappa shape index (κ3) is 4.78. The number of anilines is 1. The van der Waals surface area contributed by atoms with Gasteiger partial charge in [0.25, 0.3) is 0 Å². The van der Waals surface area contributed by atoms with Crippen molar-refractivity contribution in [2.24, 2.45) is 7.05 Å². The molecule has 1 unspecified atom stereocenters. The molecule has 0 saturated carbocycles. The predicted octanol–water partition coefficient (Wildman–Crippen LogP) is 9.68. The molecule has 1 N–H and O–H groups in total. The highest BCUT2D eigenvalue weighted by atomic mass is 32.1. The summed E-state index contributed by atoms with van der Waals surface area (Å²) in [5.41, 5.74) is 11.3. The van der Waals surface area contributed by atoms with E-state index in [-0.39, 0.29) is 6.04 Å². The van der Waals surface area contributed by atoms with Crippen LogP contribution in [0, 0.1) is 20.8 Å². The Kier molecular flexibility index (Phi) is 7.19. The second-order valence-electron chi connectivity index (χ2n) is 11.3. The average Bonchev–Trinajstić information content (AvgIpc) is 3.45. The molecule has 5 rings (SSSR count). The predicted molar refractivity (Wildman–Crippen MR) is 165 cm³/mol. The highest BCUT2D eigenvalue weighted by Crippen LogP contribution is 2.40. The van der Waals surface area contributed by atoms with Crippen molar-refractivity contribution in [2.45, 2.75) is 66.3 Å². The lowest BCUT2D eigenvalue weighted by atomic mass is 9.89. The lowest BCUT2D eigenvalue weighted by molar-refractivity contribution is 0.733. The molecule has 0 amide bonds. The van der Waals surface area contributed by atoms with Crippen LogP contribution >= 0.6 is 11.3 Å². The number of benzene rings is 3. The number of aromatic nitrogens is 2. The van der Waals surface area contributed by atoms with Gasteiger partial charge in [-0.05, 0) is 66.5 Å². The first kappa shape index (κ1) is 26.2. The quantitative estimate of drug-likeness (QED) is 0.231. The first-order valence-electron chi connectivity index (χ1n) is 13.6. The molecule has 0 spiro atoms. The van der Waals surface area contributed by atoms with Crippen LogP contribution in [-0.4, -0.2) is 9.55 Å². The zero-order valence-electron chi connectivity index (χ0n) is 23.9. The van der Waals surface area contributed by atoms with E-state index in [0.717, 1.165) is 11.5 Å². The highest BCUT2D eigenvalue weighted by Gasteiger charge is 2.27. The van der Waals surface area contributed by atoms with Crippen LogP contribution in [0.15, 0.2) is 66.2 Å². The molecule has 0 bridgehead atoms. The summed E-state index contributed by atoms with van der Waals surface area (Å²) in [6.07, 6.45) is 2.19. The van der Waals surface area contributed by atoms with E-state index in [0.29, 0.717) is 11.8 Å². The van der Waals surface area contributed by atoms with Crippen molar-refractivity contribution in [3.8, 4) is 11.3 Å². The van der Waals surface area contributed by atoms with E-state index in [4.69, 9.17) is 4.98 Å². The Morgan fingerprint density at radius 3 is 2.11 bits per heavy atom. The maximum Gasteiger partial charge on any atom is 0.136 e. The summed E-state index contributed by atoms with van der Waals surface area (Å²) in [6, 6.07) is 19.9. The van der Waals surface area contributed by atoms with Gasteiger partial charge in [-0.1, -0.05) is 81.8 Å². The third-order valence-corrected chi connectivity index (χ3v) is 8.58. The second-order valence-corrected chi connectivity index (χ2v) is 12.2. The number of hydrogen-bond acceptors (Lipinski definition) is 3. The van der Waals surface area contributed by atoms with E-state index in [1.54, 1.807) is 11.3 Å². The second kappa shape index (κ2) is 10.4. The number of hydrogen-bond donors (Lipinski definition) is 1. The Hall–Kier alpha value is -3.37. The fraction of sp³-hybridized carbons (Fsp3) is 0.324. The van der Waals surface area contributed by atoms with Crippen LogP contribution in [0.3, 0.4) is 0 Å². The largest absolute Gasteiger partial charge is 0.371 e. The summed E-state index contributed by atoms with van der Waals surface area (Å²) >= 11 is 1.78. The molecule has 2 aromatic heterocycles. The van der Waals surface area contributed by atoms with Crippen LogP contribution in [0.4, 0.5) is 5.69 Å². The molecule has 0 aliphatic heterocycles. The minimum Gasteiger partial charge on any atom is -0.371 e. The maximum absolute atomic E-state index is 5.34. The molecule has 2 heterocycles. The molecular weight excluding hydrogens is 482 g/mol. The van der Waals surface area contributed by atoms with Crippen molar-refractivity contribution >= 4 is 27.1 Å². The zero-order chi connectivity index (χ0) is 27.1. The molecule has 38 heavy (non-hydrogen) atoms. The molecule has 4 heteroatoms. The number of thiophene rings is 1. The number of imidazole rings is 1. The van der Waals surface area contributed by atoms with Crippen molar-refractivity contribution in [1.29, 1.82) is 0 Å². The molecule has 196 valence electrons. The summed E-state index contributed by atoms with van der Waals surface area (Å²) in [7, 11) is 2.13. The van der Waals surface area contributed by atoms with E-state index >= 15 is 0 Å². The lowest BCUT2D eigenvalue weighted by Crippen LogP contribution is -2.21. The van der Waals surface area contributed by atoms with Gasteiger partial charge in [0.1, 0.15) is 11.9 Å². The van der Waals surface area contributed by atoms with Crippen LogP contribution in [-0.2, 0) is 7.05 Å². The normalized spacial score (nSPS) is 12.6. The molecular formula is C34H39N3S. The van der Waals surface area contributed by atoms with Gasteiger partial charge in [-0.25, -0.2) is 4.98 Å². The molecule has 3 aromatic carbocycles. The van der Waals surface area contributed by atoms with Gasteiger partial charge < -0.3 is 9.88 Å². The lowest BCUT2D eigenvalue weighted by Gasteiger charge is -2.28. The minimum absolute atomic E-state index is 0.0864. The first-order valence-corrected chi connectivity index (χ1v) is 14.5. The molecule has 0 aliphatic rings. The molecule has 0 fully saturated rings. The Morgan fingerprint density at radius 1 is 0.842 bits per heavy atom. The molecule has 5 aromatic rings. The van der Waals surface area contributed by atoms with Crippen LogP contribution in [0.2, 0.25) is 0 Å². The number of nitrogens with zero attached hydrogens (tertiary/aromatic N) is 2. The Balaban J connectivity index is 1.72. The minimum atomic E-state index is -0.0864.